The molecule has 1 fully saturated rings. The Kier molecular flexibility index (Phi) is 1.92. The summed E-state index contributed by atoms with van der Waals surface area (Å²) in [6, 6.07) is 0. The normalized spacial score (nSPS) is 19.5. The number of hydrogen-bond donors (Lipinski definition) is 1. The molecular formula is C9H13N3O. The second-order valence-corrected chi connectivity index (χ2v) is 3.39. The SMILES string of the molecule is COC1(c2ncc(N)cn2)CCC1. The van der Waals surface area contributed by atoms with Gasteiger partial charge in [0.15, 0.2) is 5.82 Å². The molecule has 0 spiro atoms. The zero-order valence-electron chi connectivity index (χ0n) is 7.66. The molecule has 2 N–H and O–H groups in total. The van der Waals surface area contributed by atoms with Gasteiger partial charge in [-0.05, 0) is 19.3 Å². The molecule has 1 aromatic rings. The van der Waals surface area contributed by atoms with Crippen LogP contribution in [0.25, 0.3) is 0 Å². The highest BCUT2D eigenvalue weighted by Crippen LogP contribution is 2.42. The lowest BCUT2D eigenvalue weighted by atomic mass is 9.79. The Hall–Kier alpha value is -1.16. The Balaban J connectivity index is 2.28. The number of rotatable bonds is 2. The molecule has 13 heavy (non-hydrogen) atoms. The van der Waals surface area contributed by atoms with Gasteiger partial charge in [-0.1, -0.05) is 0 Å². The molecule has 0 aromatic carbocycles. The van der Waals surface area contributed by atoms with E-state index in [9.17, 15) is 0 Å². The van der Waals surface area contributed by atoms with E-state index in [1.54, 1.807) is 19.5 Å². The van der Waals surface area contributed by atoms with Gasteiger partial charge in [0, 0.05) is 7.11 Å². The van der Waals surface area contributed by atoms with Gasteiger partial charge in [-0.2, -0.15) is 0 Å². The molecule has 4 heteroatoms. The van der Waals surface area contributed by atoms with Crippen LogP contribution in [-0.4, -0.2) is 17.1 Å². The van der Waals surface area contributed by atoms with Crippen molar-refractivity contribution in [1.82, 2.24) is 9.97 Å². The number of hydrogen-bond acceptors (Lipinski definition) is 4. The minimum Gasteiger partial charge on any atom is -0.396 e. The van der Waals surface area contributed by atoms with Gasteiger partial charge in [0.25, 0.3) is 0 Å². The zero-order chi connectivity index (χ0) is 9.31. The van der Waals surface area contributed by atoms with Gasteiger partial charge >= 0.3 is 0 Å². The summed E-state index contributed by atoms with van der Waals surface area (Å²) >= 11 is 0. The highest BCUT2D eigenvalue weighted by atomic mass is 16.5. The fraction of sp³-hybridized carbons (Fsp3) is 0.556. The molecule has 1 aliphatic carbocycles. The maximum Gasteiger partial charge on any atom is 0.160 e. The molecule has 2 rings (SSSR count). The minimum absolute atomic E-state index is 0.228. The standard InChI is InChI=1S/C9H13N3O/c1-13-9(3-2-4-9)8-11-5-7(10)6-12-8/h5-6H,2-4,10H2,1H3. The fourth-order valence-electron chi connectivity index (χ4n) is 1.59. The average Bonchev–Trinajstić information content (AvgIpc) is 2.07. The van der Waals surface area contributed by atoms with E-state index in [1.807, 2.05) is 0 Å². The predicted octanol–water partition coefficient (Wildman–Crippen LogP) is 1.08. The summed E-state index contributed by atoms with van der Waals surface area (Å²) in [7, 11) is 1.71. The molecule has 0 radical (unpaired) electrons. The van der Waals surface area contributed by atoms with Crippen molar-refractivity contribution in [3.63, 3.8) is 0 Å². The average molecular weight is 179 g/mol. The molecule has 70 valence electrons. The molecule has 1 heterocycles. The summed E-state index contributed by atoms with van der Waals surface area (Å²) in [5.41, 5.74) is 5.87. The second kappa shape index (κ2) is 2.96. The summed E-state index contributed by atoms with van der Waals surface area (Å²) < 4.78 is 5.43. The lowest BCUT2D eigenvalue weighted by Gasteiger charge is -2.38. The molecular weight excluding hydrogens is 166 g/mol. The molecule has 1 saturated carbocycles. The molecule has 0 atom stereocenters. The highest BCUT2D eigenvalue weighted by molar-refractivity contribution is 5.31. The highest BCUT2D eigenvalue weighted by Gasteiger charge is 2.41. The molecule has 0 bridgehead atoms. The Morgan fingerprint density at radius 1 is 1.38 bits per heavy atom. The first-order valence-electron chi connectivity index (χ1n) is 4.40. The van der Waals surface area contributed by atoms with Gasteiger partial charge < -0.3 is 10.5 Å². The van der Waals surface area contributed by atoms with Crippen LogP contribution in [0.4, 0.5) is 5.69 Å². The van der Waals surface area contributed by atoms with Crippen molar-refractivity contribution in [2.75, 3.05) is 12.8 Å². The lowest BCUT2D eigenvalue weighted by molar-refractivity contribution is -0.0846. The molecule has 1 aromatic heterocycles. The monoisotopic (exact) mass is 179 g/mol. The van der Waals surface area contributed by atoms with Crippen molar-refractivity contribution >= 4 is 5.69 Å². The maximum absolute atomic E-state index is 5.51. The molecule has 1 aliphatic rings. The third kappa shape index (κ3) is 1.27. The molecule has 0 aliphatic heterocycles. The van der Waals surface area contributed by atoms with E-state index in [0.717, 1.165) is 18.7 Å². The van der Waals surface area contributed by atoms with Crippen molar-refractivity contribution in [3.05, 3.63) is 18.2 Å². The number of methoxy groups -OCH3 is 1. The van der Waals surface area contributed by atoms with Crippen molar-refractivity contribution in [2.45, 2.75) is 24.9 Å². The Bertz CT molecular complexity index is 287. The third-order valence-electron chi connectivity index (χ3n) is 2.63. The number of ether oxygens (including phenoxy) is 1. The number of nitrogens with zero attached hydrogens (tertiary/aromatic N) is 2. The minimum atomic E-state index is -0.228. The summed E-state index contributed by atoms with van der Waals surface area (Å²) in [5.74, 6) is 0.760. The van der Waals surface area contributed by atoms with Crippen LogP contribution in [0, 0.1) is 0 Å². The van der Waals surface area contributed by atoms with E-state index >= 15 is 0 Å². The van der Waals surface area contributed by atoms with E-state index in [1.165, 1.54) is 6.42 Å². The van der Waals surface area contributed by atoms with Crippen molar-refractivity contribution < 1.29 is 4.74 Å². The van der Waals surface area contributed by atoms with E-state index in [4.69, 9.17) is 10.5 Å². The molecule has 0 saturated heterocycles. The lowest BCUT2D eigenvalue weighted by Crippen LogP contribution is -2.37. The molecule has 4 nitrogen and oxygen atoms in total. The topological polar surface area (TPSA) is 61.0 Å². The first-order chi connectivity index (χ1) is 6.27. The van der Waals surface area contributed by atoms with Gasteiger partial charge in [-0.3, -0.25) is 0 Å². The third-order valence-corrected chi connectivity index (χ3v) is 2.63. The first-order valence-corrected chi connectivity index (χ1v) is 4.40. The van der Waals surface area contributed by atoms with Gasteiger partial charge in [-0.15, -0.1) is 0 Å². The number of aromatic nitrogens is 2. The summed E-state index contributed by atoms with van der Waals surface area (Å²) in [4.78, 5) is 8.36. The van der Waals surface area contributed by atoms with E-state index in [0.29, 0.717) is 5.69 Å². The fourth-order valence-corrected chi connectivity index (χ4v) is 1.59. The Morgan fingerprint density at radius 2 is 2.00 bits per heavy atom. The summed E-state index contributed by atoms with van der Waals surface area (Å²) in [6.07, 6.45) is 6.45. The van der Waals surface area contributed by atoms with E-state index in [-0.39, 0.29) is 5.60 Å². The Morgan fingerprint density at radius 3 is 2.38 bits per heavy atom. The van der Waals surface area contributed by atoms with Crippen LogP contribution in [0.15, 0.2) is 12.4 Å². The van der Waals surface area contributed by atoms with Gasteiger partial charge in [-0.25, -0.2) is 9.97 Å². The number of nitrogens with two attached hydrogens (primary N) is 1. The first kappa shape index (κ1) is 8.44. The number of anilines is 1. The predicted molar refractivity (Wildman–Crippen MR) is 49.0 cm³/mol. The second-order valence-electron chi connectivity index (χ2n) is 3.39. The number of nitrogen functional groups attached to an aromatic ring is 1. The van der Waals surface area contributed by atoms with Gasteiger partial charge in [0.1, 0.15) is 5.60 Å². The van der Waals surface area contributed by atoms with Gasteiger partial charge in [0.05, 0.1) is 18.1 Å². The van der Waals surface area contributed by atoms with Crippen LogP contribution >= 0.6 is 0 Å². The van der Waals surface area contributed by atoms with Crippen LogP contribution in [-0.2, 0) is 10.3 Å². The summed E-state index contributed by atoms with van der Waals surface area (Å²) in [5, 5.41) is 0. The summed E-state index contributed by atoms with van der Waals surface area (Å²) in [6.45, 7) is 0. The molecule has 0 unspecified atom stereocenters. The van der Waals surface area contributed by atoms with E-state index in [2.05, 4.69) is 9.97 Å². The zero-order valence-corrected chi connectivity index (χ0v) is 7.66. The van der Waals surface area contributed by atoms with Crippen molar-refractivity contribution in [2.24, 2.45) is 0 Å². The van der Waals surface area contributed by atoms with Crippen LogP contribution < -0.4 is 5.73 Å². The van der Waals surface area contributed by atoms with Crippen LogP contribution in [0.2, 0.25) is 0 Å². The maximum atomic E-state index is 5.51. The largest absolute Gasteiger partial charge is 0.396 e. The molecule has 0 amide bonds. The van der Waals surface area contributed by atoms with Gasteiger partial charge in [0.2, 0.25) is 0 Å². The van der Waals surface area contributed by atoms with Crippen molar-refractivity contribution in [1.29, 1.82) is 0 Å². The van der Waals surface area contributed by atoms with Crippen LogP contribution in [0.1, 0.15) is 25.1 Å². The smallest absolute Gasteiger partial charge is 0.160 e. The van der Waals surface area contributed by atoms with E-state index < -0.39 is 0 Å². The Labute approximate surface area is 77.1 Å². The quantitative estimate of drug-likeness (QED) is 0.738. The van der Waals surface area contributed by atoms with Crippen molar-refractivity contribution in [3.8, 4) is 0 Å². The van der Waals surface area contributed by atoms with Crippen LogP contribution in [0.3, 0.4) is 0 Å². The van der Waals surface area contributed by atoms with Crippen LogP contribution in [0.5, 0.6) is 0 Å².